The monoisotopic (exact) mass is 382 g/mol. The molecule has 0 radical (unpaired) electrons. The van der Waals surface area contributed by atoms with Crippen molar-refractivity contribution in [2.24, 2.45) is 5.73 Å². The number of hydrogen-bond acceptors (Lipinski definition) is 4. The number of anilines is 1. The highest BCUT2D eigenvalue weighted by Gasteiger charge is 2.16. The Morgan fingerprint density at radius 2 is 2.06 bits per heavy atom. The molecule has 0 saturated heterocycles. The second-order valence-electron chi connectivity index (χ2n) is 3.99. The molecule has 0 saturated carbocycles. The van der Waals surface area contributed by atoms with Crippen molar-refractivity contribution >= 4 is 44.0 Å². The van der Waals surface area contributed by atoms with Crippen molar-refractivity contribution in [2.75, 3.05) is 17.3 Å². The normalized spacial score (nSPS) is 13.1. The second kappa shape index (κ2) is 6.48. The number of rotatable bonds is 5. The van der Waals surface area contributed by atoms with Crippen molar-refractivity contribution in [3.05, 3.63) is 27.8 Å². The number of nitrogens with one attached hydrogen (secondary N) is 1. The molecule has 0 aliphatic rings. The number of halogens is 1. The molecule has 18 heavy (non-hydrogen) atoms. The highest BCUT2D eigenvalue weighted by molar-refractivity contribution is 14.1. The molecular formula is C11H15IN2O3S. The summed E-state index contributed by atoms with van der Waals surface area (Å²) in [5.41, 5.74) is 6.32. The minimum atomic E-state index is -3.10. The molecular weight excluding hydrogens is 367 g/mol. The van der Waals surface area contributed by atoms with Gasteiger partial charge in [-0.15, -0.1) is 0 Å². The second-order valence-corrected chi connectivity index (χ2v) is 7.42. The minimum Gasteiger partial charge on any atom is -0.324 e. The first-order valence-electron chi connectivity index (χ1n) is 5.28. The van der Waals surface area contributed by atoms with Gasteiger partial charge in [0.25, 0.3) is 0 Å². The number of hydrogen-bond donors (Lipinski definition) is 2. The third-order valence-electron chi connectivity index (χ3n) is 2.27. The lowest BCUT2D eigenvalue weighted by Crippen LogP contribution is -2.37. The van der Waals surface area contributed by atoms with E-state index in [2.05, 4.69) is 27.9 Å². The van der Waals surface area contributed by atoms with Crippen LogP contribution in [-0.4, -0.2) is 32.4 Å². The maximum atomic E-state index is 11.7. The largest absolute Gasteiger partial charge is 0.324 e. The number of carbonyl (C=O) groups excluding carboxylic acids is 1. The van der Waals surface area contributed by atoms with Gasteiger partial charge in [-0.25, -0.2) is 8.42 Å². The third kappa shape index (κ3) is 5.32. The van der Waals surface area contributed by atoms with E-state index in [-0.39, 0.29) is 18.1 Å². The number of carbonyl (C=O) groups is 1. The Bertz CT molecular complexity index is 531. The topological polar surface area (TPSA) is 89.3 Å². The molecule has 0 aliphatic carbocycles. The molecule has 5 nitrogen and oxygen atoms in total. The molecule has 0 fully saturated rings. The Balaban J connectivity index is 2.58. The van der Waals surface area contributed by atoms with E-state index in [9.17, 15) is 13.2 Å². The Morgan fingerprint density at radius 1 is 1.44 bits per heavy atom. The summed E-state index contributed by atoms with van der Waals surface area (Å²) in [4.78, 5) is 11.7. The molecule has 0 aliphatic heterocycles. The maximum Gasteiger partial charge on any atom is 0.241 e. The maximum absolute atomic E-state index is 11.7. The predicted octanol–water partition coefficient (Wildman–Crippen LogP) is 0.992. The Kier molecular flexibility index (Phi) is 5.54. The summed E-state index contributed by atoms with van der Waals surface area (Å²) in [6.07, 6.45) is 1.24. The van der Waals surface area contributed by atoms with Gasteiger partial charge in [-0.05, 0) is 41.1 Å². The molecule has 1 unspecified atom stereocenters. The Morgan fingerprint density at radius 3 is 2.61 bits per heavy atom. The molecule has 1 aromatic carbocycles. The van der Waals surface area contributed by atoms with Crippen molar-refractivity contribution < 1.29 is 13.2 Å². The molecule has 1 aromatic rings. The molecule has 3 N–H and O–H groups in total. The molecule has 0 heterocycles. The fourth-order valence-corrected chi connectivity index (χ4v) is 2.46. The zero-order valence-corrected chi connectivity index (χ0v) is 12.9. The van der Waals surface area contributed by atoms with Crippen LogP contribution in [0.4, 0.5) is 5.69 Å². The van der Waals surface area contributed by atoms with Crippen molar-refractivity contribution in [2.45, 2.75) is 12.5 Å². The van der Waals surface area contributed by atoms with E-state index < -0.39 is 15.9 Å². The van der Waals surface area contributed by atoms with E-state index in [1.807, 2.05) is 12.1 Å². The van der Waals surface area contributed by atoms with Crippen LogP contribution in [0.3, 0.4) is 0 Å². The number of amides is 1. The van der Waals surface area contributed by atoms with Crippen LogP contribution in [0.2, 0.25) is 0 Å². The zero-order valence-electron chi connectivity index (χ0n) is 9.89. The first-order valence-corrected chi connectivity index (χ1v) is 8.42. The van der Waals surface area contributed by atoms with Crippen molar-refractivity contribution in [1.29, 1.82) is 0 Å². The molecule has 0 spiro atoms. The standard InChI is InChI=1S/C11H15IN2O3S/c1-18(16,17)7-6-9(13)11(15)14-10-5-3-2-4-8(10)12/h2-5,9H,6-7,13H2,1H3,(H,14,15). The lowest BCUT2D eigenvalue weighted by molar-refractivity contribution is -0.117. The van der Waals surface area contributed by atoms with Crippen molar-refractivity contribution in [3.63, 3.8) is 0 Å². The molecule has 7 heteroatoms. The molecule has 1 atom stereocenters. The Labute approximate surface area is 120 Å². The lowest BCUT2D eigenvalue weighted by Gasteiger charge is -2.12. The van der Waals surface area contributed by atoms with Crippen LogP contribution in [0, 0.1) is 3.57 Å². The van der Waals surface area contributed by atoms with E-state index in [0.29, 0.717) is 5.69 Å². The van der Waals surface area contributed by atoms with Gasteiger partial charge < -0.3 is 11.1 Å². The van der Waals surface area contributed by atoms with Crippen LogP contribution in [0.5, 0.6) is 0 Å². The third-order valence-corrected chi connectivity index (χ3v) is 4.19. The van der Waals surface area contributed by atoms with Crippen LogP contribution in [0.15, 0.2) is 24.3 Å². The van der Waals surface area contributed by atoms with Crippen LogP contribution in [-0.2, 0) is 14.6 Å². The van der Waals surface area contributed by atoms with E-state index in [1.165, 1.54) is 0 Å². The van der Waals surface area contributed by atoms with Gasteiger partial charge in [0.2, 0.25) is 5.91 Å². The minimum absolute atomic E-state index is 0.0898. The van der Waals surface area contributed by atoms with Crippen molar-refractivity contribution in [3.8, 4) is 0 Å². The summed E-state index contributed by atoms with van der Waals surface area (Å²) in [7, 11) is -3.10. The summed E-state index contributed by atoms with van der Waals surface area (Å²) < 4.78 is 22.9. The Hall–Kier alpha value is -0.670. The summed E-state index contributed by atoms with van der Waals surface area (Å²) >= 11 is 2.10. The lowest BCUT2D eigenvalue weighted by atomic mass is 10.2. The predicted molar refractivity (Wildman–Crippen MR) is 80.1 cm³/mol. The summed E-state index contributed by atoms with van der Waals surface area (Å²) in [6.45, 7) is 0. The van der Waals surface area contributed by atoms with Crippen LogP contribution >= 0.6 is 22.6 Å². The van der Waals surface area contributed by atoms with Crippen molar-refractivity contribution in [1.82, 2.24) is 0 Å². The summed E-state index contributed by atoms with van der Waals surface area (Å²) in [5.74, 6) is -0.462. The molecule has 1 rings (SSSR count). The molecule has 100 valence electrons. The van der Waals surface area contributed by atoms with Gasteiger partial charge in [0.1, 0.15) is 9.84 Å². The van der Waals surface area contributed by atoms with E-state index >= 15 is 0 Å². The fraction of sp³-hybridized carbons (Fsp3) is 0.364. The van der Waals surface area contributed by atoms with Crippen LogP contribution in [0.25, 0.3) is 0 Å². The van der Waals surface area contributed by atoms with Gasteiger partial charge in [0.15, 0.2) is 0 Å². The van der Waals surface area contributed by atoms with Gasteiger partial charge in [0, 0.05) is 9.83 Å². The van der Waals surface area contributed by atoms with Gasteiger partial charge >= 0.3 is 0 Å². The van der Waals surface area contributed by atoms with Gasteiger partial charge in [-0.3, -0.25) is 4.79 Å². The van der Waals surface area contributed by atoms with Gasteiger partial charge in [-0.2, -0.15) is 0 Å². The fourth-order valence-electron chi connectivity index (χ4n) is 1.26. The first kappa shape index (κ1) is 15.4. The van der Waals surface area contributed by atoms with E-state index in [0.717, 1.165) is 9.83 Å². The average molecular weight is 382 g/mol. The van der Waals surface area contributed by atoms with E-state index in [1.54, 1.807) is 12.1 Å². The number of sulfone groups is 1. The number of para-hydroxylation sites is 1. The summed E-state index contributed by atoms with van der Waals surface area (Å²) in [5, 5.41) is 2.68. The first-order chi connectivity index (χ1) is 8.29. The highest BCUT2D eigenvalue weighted by Crippen LogP contribution is 2.17. The molecule has 0 aromatic heterocycles. The molecule has 1 amide bonds. The number of nitrogens with two attached hydrogens (primary N) is 1. The van der Waals surface area contributed by atoms with Gasteiger partial charge in [0.05, 0.1) is 17.5 Å². The quantitative estimate of drug-likeness (QED) is 0.744. The zero-order chi connectivity index (χ0) is 13.8. The van der Waals surface area contributed by atoms with Crippen LogP contribution < -0.4 is 11.1 Å². The average Bonchev–Trinajstić information content (AvgIpc) is 2.28. The summed E-state index contributed by atoms with van der Waals surface area (Å²) in [6, 6.07) is 6.47. The van der Waals surface area contributed by atoms with Crippen LogP contribution in [0.1, 0.15) is 6.42 Å². The molecule has 0 bridgehead atoms. The smallest absolute Gasteiger partial charge is 0.241 e. The van der Waals surface area contributed by atoms with Gasteiger partial charge in [-0.1, -0.05) is 12.1 Å². The number of benzene rings is 1. The SMILES string of the molecule is CS(=O)(=O)CCC(N)C(=O)Nc1ccccc1I. The highest BCUT2D eigenvalue weighted by atomic mass is 127. The van der Waals surface area contributed by atoms with E-state index in [4.69, 9.17) is 5.73 Å².